The van der Waals surface area contributed by atoms with Gasteiger partial charge in [0.05, 0.1) is 12.1 Å². The first-order valence-corrected chi connectivity index (χ1v) is 9.70. The van der Waals surface area contributed by atoms with E-state index in [2.05, 4.69) is 10.6 Å². The number of aryl methyl sites for hydroxylation is 1. The summed E-state index contributed by atoms with van der Waals surface area (Å²) in [7, 11) is 0. The maximum atomic E-state index is 12.2. The summed E-state index contributed by atoms with van der Waals surface area (Å²) in [6.45, 7) is 1.64. The van der Waals surface area contributed by atoms with Crippen molar-refractivity contribution in [3.63, 3.8) is 0 Å². The number of nitrogens with two attached hydrogens (primary N) is 1. The SMILES string of the molecule is C[C@H](N)C(=O)N[C@H](C=CC(=O)NC1CCC(O)CC1)CCc1ccccc1. The molecular formula is C21H31N3O3. The molecule has 0 radical (unpaired) electrons. The quantitative estimate of drug-likeness (QED) is 0.517. The Morgan fingerprint density at radius 2 is 1.89 bits per heavy atom. The van der Waals surface area contributed by atoms with Crippen molar-refractivity contribution in [3.05, 3.63) is 48.0 Å². The first-order chi connectivity index (χ1) is 12.9. The molecule has 1 aromatic carbocycles. The van der Waals surface area contributed by atoms with E-state index in [1.165, 1.54) is 11.6 Å². The Hall–Kier alpha value is -2.18. The highest BCUT2D eigenvalue weighted by atomic mass is 16.3. The van der Waals surface area contributed by atoms with Crippen molar-refractivity contribution in [1.82, 2.24) is 10.6 Å². The zero-order chi connectivity index (χ0) is 19.6. The lowest BCUT2D eigenvalue weighted by molar-refractivity contribution is -0.122. The smallest absolute Gasteiger partial charge is 0.243 e. The number of carbonyl (C=O) groups is 2. The number of carbonyl (C=O) groups excluding carboxylic acids is 2. The minimum atomic E-state index is -0.597. The van der Waals surface area contributed by atoms with Gasteiger partial charge in [-0.25, -0.2) is 0 Å². The number of benzene rings is 1. The standard InChI is InChI=1S/C21H31N3O3/c1-15(22)21(27)24-18(8-7-16-5-3-2-4-6-16)11-14-20(26)23-17-9-12-19(25)13-10-17/h2-6,11,14-15,17-19,25H,7-10,12-13,22H2,1H3,(H,23,26)(H,24,27)/t15-,17?,18-,19?/m0/s1. The van der Waals surface area contributed by atoms with E-state index in [4.69, 9.17) is 5.73 Å². The molecule has 6 heteroatoms. The lowest BCUT2D eigenvalue weighted by Gasteiger charge is -2.25. The summed E-state index contributed by atoms with van der Waals surface area (Å²) in [4.78, 5) is 24.2. The molecule has 0 aliphatic heterocycles. The van der Waals surface area contributed by atoms with Crippen molar-refractivity contribution >= 4 is 11.8 Å². The molecule has 1 aliphatic carbocycles. The minimum absolute atomic E-state index is 0.104. The predicted molar refractivity (Wildman–Crippen MR) is 106 cm³/mol. The highest BCUT2D eigenvalue weighted by molar-refractivity contribution is 5.88. The number of hydrogen-bond acceptors (Lipinski definition) is 4. The molecule has 2 atom stereocenters. The number of amides is 2. The molecule has 0 heterocycles. The van der Waals surface area contributed by atoms with Gasteiger partial charge in [0, 0.05) is 18.2 Å². The average Bonchev–Trinajstić information content (AvgIpc) is 2.66. The van der Waals surface area contributed by atoms with Crippen molar-refractivity contribution < 1.29 is 14.7 Å². The Balaban J connectivity index is 1.89. The Kier molecular flexibility index (Phi) is 8.48. The Labute approximate surface area is 161 Å². The number of rotatable bonds is 8. The lowest BCUT2D eigenvalue weighted by Crippen LogP contribution is -2.43. The molecule has 148 valence electrons. The molecule has 27 heavy (non-hydrogen) atoms. The van der Waals surface area contributed by atoms with E-state index in [-0.39, 0.29) is 30.0 Å². The second-order valence-electron chi connectivity index (χ2n) is 7.30. The summed E-state index contributed by atoms with van der Waals surface area (Å²) < 4.78 is 0. The first-order valence-electron chi connectivity index (χ1n) is 9.70. The van der Waals surface area contributed by atoms with Crippen LogP contribution < -0.4 is 16.4 Å². The fourth-order valence-corrected chi connectivity index (χ4v) is 3.17. The third-order valence-corrected chi connectivity index (χ3v) is 4.85. The maximum absolute atomic E-state index is 12.2. The van der Waals surface area contributed by atoms with E-state index in [0.29, 0.717) is 6.42 Å². The zero-order valence-corrected chi connectivity index (χ0v) is 15.9. The van der Waals surface area contributed by atoms with Crippen LogP contribution in [-0.2, 0) is 16.0 Å². The fraction of sp³-hybridized carbons (Fsp3) is 0.524. The molecule has 1 aliphatic rings. The molecule has 0 aromatic heterocycles. The van der Waals surface area contributed by atoms with E-state index in [0.717, 1.165) is 32.1 Å². The average molecular weight is 373 g/mol. The number of hydrogen-bond donors (Lipinski definition) is 4. The van der Waals surface area contributed by atoms with Crippen LogP contribution in [0.4, 0.5) is 0 Å². The van der Waals surface area contributed by atoms with Crippen LogP contribution in [0.25, 0.3) is 0 Å². The van der Waals surface area contributed by atoms with Gasteiger partial charge in [0.2, 0.25) is 11.8 Å². The van der Waals surface area contributed by atoms with Crippen LogP contribution in [0.1, 0.15) is 44.6 Å². The van der Waals surface area contributed by atoms with Gasteiger partial charge in [-0.15, -0.1) is 0 Å². The third-order valence-electron chi connectivity index (χ3n) is 4.85. The summed E-state index contributed by atoms with van der Waals surface area (Å²) >= 11 is 0. The Morgan fingerprint density at radius 1 is 1.22 bits per heavy atom. The maximum Gasteiger partial charge on any atom is 0.243 e. The minimum Gasteiger partial charge on any atom is -0.393 e. The molecule has 1 aromatic rings. The van der Waals surface area contributed by atoms with E-state index in [9.17, 15) is 14.7 Å². The van der Waals surface area contributed by atoms with E-state index in [1.807, 2.05) is 30.3 Å². The molecule has 5 N–H and O–H groups in total. The van der Waals surface area contributed by atoms with Crippen LogP contribution in [0.5, 0.6) is 0 Å². The summed E-state index contributed by atoms with van der Waals surface area (Å²) in [5, 5.41) is 15.4. The van der Waals surface area contributed by atoms with Gasteiger partial charge in [0.15, 0.2) is 0 Å². The molecule has 0 bridgehead atoms. The van der Waals surface area contributed by atoms with Gasteiger partial charge in [-0.2, -0.15) is 0 Å². The van der Waals surface area contributed by atoms with Crippen molar-refractivity contribution in [2.45, 2.75) is 69.7 Å². The van der Waals surface area contributed by atoms with Crippen LogP contribution in [0.2, 0.25) is 0 Å². The van der Waals surface area contributed by atoms with E-state index >= 15 is 0 Å². The molecule has 2 rings (SSSR count). The monoisotopic (exact) mass is 373 g/mol. The number of aliphatic hydroxyl groups excluding tert-OH is 1. The number of aliphatic hydroxyl groups is 1. The highest BCUT2D eigenvalue weighted by Crippen LogP contribution is 2.18. The second-order valence-corrected chi connectivity index (χ2v) is 7.30. The van der Waals surface area contributed by atoms with E-state index < -0.39 is 6.04 Å². The van der Waals surface area contributed by atoms with Gasteiger partial charge in [0.25, 0.3) is 0 Å². The van der Waals surface area contributed by atoms with Crippen molar-refractivity contribution in [2.75, 3.05) is 0 Å². The predicted octanol–water partition coefficient (Wildman–Crippen LogP) is 1.43. The Morgan fingerprint density at radius 3 is 2.52 bits per heavy atom. The van der Waals surface area contributed by atoms with Crippen molar-refractivity contribution in [1.29, 1.82) is 0 Å². The van der Waals surface area contributed by atoms with Gasteiger partial charge in [-0.1, -0.05) is 36.4 Å². The van der Waals surface area contributed by atoms with Gasteiger partial charge in [-0.05, 0) is 51.0 Å². The fourth-order valence-electron chi connectivity index (χ4n) is 3.17. The van der Waals surface area contributed by atoms with Gasteiger partial charge >= 0.3 is 0 Å². The summed E-state index contributed by atoms with van der Waals surface area (Å²) in [6, 6.07) is 9.25. The molecule has 1 saturated carbocycles. The van der Waals surface area contributed by atoms with E-state index in [1.54, 1.807) is 13.0 Å². The topological polar surface area (TPSA) is 104 Å². The van der Waals surface area contributed by atoms with Crippen molar-refractivity contribution in [3.8, 4) is 0 Å². The molecular weight excluding hydrogens is 342 g/mol. The van der Waals surface area contributed by atoms with Gasteiger partial charge < -0.3 is 21.5 Å². The van der Waals surface area contributed by atoms with Gasteiger partial charge in [-0.3, -0.25) is 9.59 Å². The van der Waals surface area contributed by atoms with Gasteiger partial charge in [0.1, 0.15) is 0 Å². The van der Waals surface area contributed by atoms with Crippen LogP contribution in [0.3, 0.4) is 0 Å². The molecule has 6 nitrogen and oxygen atoms in total. The molecule has 0 saturated heterocycles. The first kappa shape index (κ1) is 21.1. The molecule has 0 spiro atoms. The van der Waals surface area contributed by atoms with Crippen LogP contribution >= 0.6 is 0 Å². The lowest BCUT2D eigenvalue weighted by atomic mass is 9.93. The number of nitrogens with one attached hydrogen (secondary N) is 2. The summed E-state index contributed by atoms with van der Waals surface area (Å²) in [5.41, 5.74) is 6.82. The van der Waals surface area contributed by atoms with Crippen molar-refractivity contribution in [2.24, 2.45) is 5.73 Å². The largest absolute Gasteiger partial charge is 0.393 e. The molecule has 2 amide bonds. The van der Waals surface area contributed by atoms with Crippen LogP contribution in [-0.4, -0.2) is 41.2 Å². The highest BCUT2D eigenvalue weighted by Gasteiger charge is 2.20. The second kappa shape index (κ2) is 10.8. The summed E-state index contributed by atoms with van der Waals surface area (Å²) in [5.74, 6) is -0.407. The third kappa shape index (κ3) is 7.93. The Bertz CT molecular complexity index is 623. The molecule has 1 fully saturated rings. The van der Waals surface area contributed by atoms with Crippen LogP contribution in [0, 0.1) is 0 Å². The van der Waals surface area contributed by atoms with Crippen LogP contribution in [0.15, 0.2) is 42.5 Å². The zero-order valence-electron chi connectivity index (χ0n) is 15.9. The molecule has 0 unspecified atom stereocenters. The summed E-state index contributed by atoms with van der Waals surface area (Å²) in [6.07, 6.45) is 7.47. The normalized spacial score (nSPS) is 22.2.